The zero-order chi connectivity index (χ0) is 17.4. The summed E-state index contributed by atoms with van der Waals surface area (Å²) in [5, 5.41) is 0. The van der Waals surface area contributed by atoms with Gasteiger partial charge in [0.1, 0.15) is 0 Å². The zero-order valence-corrected chi connectivity index (χ0v) is 18.9. The Morgan fingerprint density at radius 1 is 0.731 bits per heavy atom. The molecule has 0 saturated carbocycles. The zero-order valence-electron chi connectivity index (χ0n) is 15.3. The quantitative estimate of drug-likeness (QED) is 0.560. The van der Waals surface area contributed by atoms with E-state index in [2.05, 4.69) is 73.8 Å². The van der Waals surface area contributed by atoms with E-state index in [-0.39, 0.29) is 0 Å². The molecule has 0 heterocycles. The van der Waals surface area contributed by atoms with Crippen LogP contribution in [-0.4, -0.2) is 5.92 Å². The van der Waals surface area contributed by atoms with Crippen molar-refractivity contribution in [3.05, 3.63) is 94.1 Å². The summed E-state index contributed by atoms with van der Waals surface area (Å²) in [5.41, 5.74) is 12.5. The van der Waals surface area contributed by atoms with E-state index in [9.17, 15) is 0 Å². The predicted octanol–water partition coefficient (Wildman–Crippen LogP) is 5.58. The fourth-order valence-electron chi connectivity index (χ4n) is 5.26. The molecule has 0 fully saturated rings. The summed E-state index contributed by atoms with van der Waals surface area (Å²) in [4.78, 5) is 0. The standard InChI is InChI=1S/2C11H7.C2H7Si.Zr/c2*1-2-8-4-6-10-7-5-9(3-1)11(8)10;1-3-2;/h2*1-3,6-7H,4H2;3H,1-2H3;. The van der Waals surface area contributed by atoms with Crippen LogP contribution in [0.2, 0.25) is 13.1 Å². The van der Waals surface area contributed by atoms with Gasteiger partial charge in [-0.15, -0.1) is 0 Å². The molecule has 0 unspecified atom stereocenters. The Balaban J connectivity index is 1.55. The van der Waals surface area contributed by atoms with Crippen LogP contribution in [0.25, 0.3) is 17.7 Å². The van der Waals surface area contributed by atoms with Gasteiger partial charge in [0.05, 0.1) is 0 Å². The summed E-state index contributed by atoms with van der Waals surface area (Å²) >= 11 is -1.88. The van der Waals surface area contributed by atoms with E-state index in [1.807, 2.05) is 0 Å². The molecule has 6 rings (SSSR count). The second kappa shape index (κ2) is 5.50. The molecule has 0 amide bonds. The molecule has 2 aromatic rings. The molecule has 0 spiro atoms. The summed E-state index contributed by atoms with van der Waals surface area (Å²) in [6.07, 6.45) is 12.4. The van der Waals surface area contributed by atoms with Crippen LogP contribution in [0.1, 0.15) is 33.4 Å². The molecular weight excluding hydrogens is 408 g/mol. The van der Waals surface area contributed by atoms with E-state index in [1.54, 1.807) is 39.9 Å². The summed E-state index contributed by atoms with van der Waals surface area (Å²) in [6.45, 7) is 5.20. The van der Waals surface area contributed by atoms with Gasteiger partial charge in [-0.3, -0.25) is 0 Å². The van der Waals surface area contributed by atoms with Crippen LogP contribution in [0.3, 0.4) is 0 Å². The molecule has 0 nitrogen and oxygen atoms in total. The average molecular weight is 429 g/mol. The maximum absolute atomic E-state index is 2.60. The molecule has 125 valence electrons. The molecule has 0 saturated heterocycles. The van der Waals surface area contributed by atoms with Crippen LogP contribution in [0.4, 0.5) is 0 Å². The van der Waals surface area contributed by atoms with Crippen LogP contribution in [0, 0.1) is 0 Å². The van der Waals surface area contributed by atoms with Gasteiger partial charge in [-0.1, -0.05) is 0 Å². The van der Waals surface area contributed by atoms with Gasteiger partial charge in [0.25, 0.3) is 0 Å². The normalized spacial score (nSPS) is 17.8. The topological polar surface area (TPSA) is 0 Å². The van der Waals surface area contributed by atoms with Gasteiger partial charge in [-0.2, -0.15) is 0 Å². The van der Waals surface area contributed by atoms with Gasteiger partial charge >= 0.3 is 165 Å². The van der Waals surface area contributed by atoms with Crippen molar-refractivity contribution >= 4 is 23.6 Å². The monoisotopic (exact) mass is 427 g/mol. The van der Waals surface area contributed by atoms with Crippen molar-refractivity contribution in [1.29, 1.82) is 0 Å². The molecule has 0 aliphatic heterocycles. The van der Waals surface area contributed by atoms with Crippen molar-refractivity contribution < 1.29 is 20.9 Å². The van der Waals surface area contributed by atoms with E-state index in [1.165, 1.54) is 11.1 Å². The second-order valence-corrected chi connectivity index (χ2v) is 27.0. The van der Waals surface area contributed by atoms with Crippen LogP contribution >= 0.6 is 0 Å². The van der Waals surface area contributed by atoms with E-state index < -0.39 is 26.8 Å². The Morgan fingerprint density at radius 2 is 1.23 bits per heavy atom. The molecule has 4 aliphatic carbocycles. The predicted molar refractivity (Wildman–Crippen MR) is 111 cm³/mol. The van der Waals surface area contributed by atoms with Gasteiger partial charge in [-0.25, -0.2) is 0 Å². The number of allylic oxidation sites excluding steroid dienone is 6. The Kier molecular flexibility index (Phi) is 3.29. The van der Waals surface area contributed by atoms with Crippen molar-refractivity contribution in [3.8, 4) is 0 Å². The third kappa shape index (κ3) is 1.98. The minimum absolute atomic E-state index is 0.742. The van der Waals surface area contributed by atoms with Crippen molar-refractivity contribution in [2.75, 3.05) is 0 Å². The summed E-state index contributed by atoms with van der Waals surface area (Å²) in [6, 6.07) is 14.0. The van der Waals surface area contributed by atoms with Gasteiger partial charge in [-0.05, 0) is 0 Å². The Morgan fingerprint density at radius 3 is 1.69 bits per heavy atom. The SMILES string of the molecule is C[SiH](C)[Zr]([C]1=CC2=CCc3cccc1c32)[C]1=CC2=CCc3cccc1c32. The van der Waals surface area contributed by atoms with E-state index in [0.29, 0.717) is 0 Å². The van der Waals surface area contributed by atoms with Gasteiger partial charge < -0.3 is 0 Å². The molecule has 2 aromatic carbocycles. The summed E-state index contributed by atoms with van der Waals surface area (Å²) in [5.74, 6) is -0.742. The van der Waals surface area contributed by atoms with Crippen LogP contribution < -0.4 is 0 Å². The van der Waals surface area contributed by atoms with Gasteiger partial charge in [0.15, 0.2) is 0 Å². The third-order valence-corrected chi connectivity index (χ3v) is 24.5. The fraction of sp³-hybridized carbons (Fsp3) is 0.167. The van der Waals surface area contributed by atoms with Crippen LogP contribution in [-0.2, 0) is 33.8 Å². The molecule has 0 aromatic heterocycles. The molecule has 26 heavy (non-hydrogen) atoms. The number of hydrogen-bond acceptors (Lipinski definition) is 0. The van der Waals surface area contributed by atoms with Crippen molar-refractivity contribution in [1.82, 2.24) is 0 Å². The Labute approximate surface area is 163 Å². The first-order valence-corrected chi connectivity index (χ1v) is 19.3. The number of benzene rings is 2. The first kappa shape index (κ1) is 15.5. The molecule has 2 heteroatoms. The fourth-order valence-corrected chi connectivity index (χ4v) is 23.2. The first-order valence-electron chi connectivity index (χ1n) is 9.69. The maximum atomic E-state index is 2.60. The van der Waals surface area contributed by atoms with Crippen LogP contribution in [0.5, 0.6) is 0 Å². The van der Waals surface area contributed by atoms with Crippen molar-refractivity contribution in [3.63, 3.8) is 0 Å². The third-order valence-electron chi connectivity index (χ3n) is 6.30. The van der Waals surface area contributed by atoms with Gasteiger partial charge in [0, 0.05) is 0 Å². The Bertz CT molecular complexity index is 1030. The van der Waals surface area contributed by atoms with Crippen LogP contribution in [0.15, 0.2) is 60.7 Å². The molecule has 0 bridgehead atoms. The average Bonchev–Trinajstić information content (AvgIpc) is 3.39. The minimum atomic E-state index is -1.88. The summed E-state index contributed by atoms with van der Waals surface area (Å²) in [7, 11) is 0. The van der Waals surface area contributed by atoms with E-state index in [4.69, 9.17) is 0 Å². The molecule has 0 N–H and O–H groups in total. The van der Waals surface area contributed by atoms with Gasteiger partial charge in [0.2, 0.25) is 0 Å². The van der Waals surface area contributed by atoms with Crippen molar-refractivity contribution in [2.45, 2.75) is 25.9 Å². The molecular formula is C24H21SiZr. The second-order valence-electron chi connectivity index (χ2n) is 8.09. The molecule has 0 atom stereocenters. The molecule has 4 aliphatic rings. The number of rotatable bonds is 3. The number of hydrogen-bond donors (Lipinski definition) is 0. The summed E-state index contributed by atoms with van der Waals surface area (Å²) < 4.78 is 3.56. The first-order chi connectivity index (χ1) is 12.7. The van der Waals surface area contributed by atoms with Crippen molar-refractivity contribution in [2.24, 2.45) is 0 Å². The Hall–Kier alpha value is -1.50. The molecule has 0 radical (unpaired) electrons. The van der Waals surface area contributed by atoms with E-state index in [0.717, 1.165) is 12.8 Å². The van der Waals surface area contributed by atoms with E-state index >= 15 is 0 Å².